The van der Waals surface area contributed by atoms with E-state index in [1.54, 1.807) is 19.1 Å². The van der Waals surface area contributed by atoms with Gasteiger partial charge in [-0.2, -0.15) is 0 Å². The summed E-state index contributed by atoms with van der Waals surface area (Å²) in [6.07, 6.45) is 0.863. The number of alkyl halides is 2. The number of Topliss-reactive ketones (excluding diaryl/α,β-unsaturated/α-hetero) is 1. The van der Waals surface area contributed by atoms with Gasteiger partial charge in [0, 0.05) is 29.5 Å². The molecule has 4 aliphatic carbocycles. The fraction of sp³-hybridized carbons (Fsp3) is 0.625. The third kappa shape index (κ3) is 3.77. The van der Waals surface area contributed by atoms with Gasteiger partial charge in [0.2, 0.25) is 5.78 Å². The minimum absolute atomic E-state index is 0.0728. The lowest BCUT2D eigenvalue weighted by molar-refractivity contribution is -0.234. The van der Waals surface area contributed by atoms with Crippen molar-refractivity contribution >= 4 is 17.3 Å². The molecule has 6 rings (SSSR count). The molecule has 5 aliphatic rings. The summed E-state index contributed by atoms with van der Waals surface area (Å²) < 4.78 is 52.1. The van der Waals surface area contributed by atoms with E-state index in [0.717, 1.165) is 12.1 Å². The van der Waals surface area contributed by atoms with E-state index in [4.69, 9.17) is 14.2 Å². The molecule has 0 radical (unpaired) electrons. The number of carbonyl (C=O) groups excluding carboxylic acids is 2. The van der Waals surface area contributed by atoms with Crippen molar-refractivity contribution in [3.05, 3.63) is 48.1 Å². The van der Waals surface area contributed by atoms with Crippen LogP contribution in [0.15, 0.2) is 48.1 Å². The second-order valence-corrected chi connectivity index (χ2v) is 12.8. The summed E-state index contributed by atoms with van der Waals surface area (Å²) in [5.41, 5.74) is -5.28. The highest BCUT2D eigenvalue weighted by Crippen LogP contribution is 2.72. The van der Waals surface area contributed by atoms with Crippen molar-refractivity contribution < 1.29 is 37.7 Å². The van der Waals surface area contributed by atoms with Crippen LogP contribution in [-0.2, 0) is 19.1 Å². The van der Waals surface area contributed by atoms with E-state index in [-0.39, 0.29) is 36.6 Å². The number of hydrogen-bond acceptors (Lipinski definition) is 7. The first-order chi connectivity index (χ1) is 19.4. The predicted octanol–water partition coefficient (Wildman–Crippen LogP) is 4.89. The Balaban J connectivity index is 1.37. The Kier molecular flexibility index (Phi) is 6.75. The standard InChI is InChI=1S/C32H39F2NO6/c1-5-6-28-40-27-15-21-22-14-24(33)23-13-19(36)11-12-29(23,2)31(22,34)25(37)16-30(21,3)32(27,41-28)26(38)17-39-20-9-7-18(35-4)8-10-20/h7-13,21-22,24-25,27-28,35,37H,5-6,14-17H2,1-4H3/t21-,22-,24-,25-,27+,28-,29-,30-,31-,32+/m0/s1. The summed E-state index contributed by atoms with van der Waals surface area (Å²) in [7, 11) is 1.81. The van der Waals surface area contributed by atoms with Gasteiger partial charge in [-0.3, -0.25) is 9.59 Å². The molecule has 0 amide bonds. The van der Waals surface area contributed by atoms with Crippen molar-refractivity contribution in [2.75, 3.05) is 19.0 Å². The molecular formula is C32H39F2NO6. The van der Waals surface area contributed by atoms with Crippen LogP contribution in [0.2, 0.25) is 0 Å². The monoisotopic (exact) mass is 571 g/mol. The number of ether oxygens (including phenoxy) is 3. The van der Waals surface area contributed by atoms with E-state index in [0.29, 0.717) is 18.6 Å². The largest absolute Gasteiger partial charge is 0.486 e. The van der Waals surface area contributed by atoms with Crippen molar-refractivity contribution in [1.82, 2.24) is 0 Å². The summed E-state index contributed by atoms with van der Waals surface area (Å²) in [6.45, 7) is 5.14. The first-order valence-electron chi connectivity index (χ1n) is 14.7. The minimum atomic E-state index is -2.24. The molecule has 0 spiro atoms. The SMILES string of the molecule is CCC[C@H]1O[C@@H]2C[C@H]3[C@@H]4C[C@H](F)C5=CC(=O)C=C[C@]5(C)[C@@]4(F)[C@@H](O)C[C@]3(C)[C@]2(C(=O)COc2ccc(NC)cc2)O1. The van der Waals surface area contributed by atoms with Gasteiger partial charge in [-0.15, -0.1) is 0 Å². The topological polar surface area (TPSA) is 94.1 Å². The first kappa shape index (κ1) is 28.5. The zero-order valence-corrected chi connectivity index (χ0v) is 24.0. The summed E-state index contributed by atoms with van der Waals surface area (Å²) >= 11 is 0. The molecule has 1 saturated heterocycles. The molecule has 3 saturated carbocycles. The highest BCUT2D eigenvalue weighted by molar-refractivity contribution is 6.01. The number of carbonyl (C=O) groups is 2. The average Bonchev–Trinajstić information content (AvgIpc) is 3.43. The van der Waals surface area contributed by atoms with Crippen LogP contribution in [-0.4, -0.2) is 66.3 Å². The highest BCUT2D eigenvalue weighted by Gasteiger charge is 2.80. The zero-order chi connectivity index (χ0) is 29.4. The molecule has 1 aromatic carbocycles. The quantitative estimate of drug-likeness (QED) is 0.482. The minimum Gasteiger partial charge on any atom is -0.486 e. The van der Waals surface area contributed by atoms with Crippen LogP contribution in [0.4, 0.5) is 14.5 Å². The average molecular weight is 572 g/mol. The van der Waals surface area contributed by atoms with Crippen molar-refractivity contribution in [3.63, 3.8) is 0 Å². The number of benzene rings is 1. The van der Waals surface area contributed by atoms with Crippen LogP contribution >= 0.6 is 0 Å². The van der Waals surface area contributed by atoms with Crippen molar-refractivity contribution in [2.24, 2.45) is 22.7 Å². The van der Waals surface area contributed by atoms with Gasteiger partial charge in [0.25, 0.3) is 0 Å². The van der Waals surface area contributed by atoms with Gasteiger partial charge in [0.1, 0.15) is 18.5 Å². The van der Waals surface area contributed by atoms with Gasteiger partial charge < -0.3 is 24.6 Å². The van der Waals surface area contributed by atoms with Crippen molar-refractivity contribution in [2.45, 2.75) is 88.8 Å². The van der Waals surface area contributed by atoms with E-state index < -0.39 is 58.6 Å². The number of aliphatic hydroxyl groups is 1. The number of fused-ring (bicyclic) bond motifs is 7. The van der Waals surface area contributed by atoms with E-state index in [1.807, 2.05) is 33.0 Å². The molecular weight excluding hydrogens is 532 g/mol. The summed E-state index contributed by atoms with van der Waals surface area (Å²) in [5, 5.41) is 14.7. The number of allylic oxidation sites excluding steroid dienone is 4. The number of aliphatic hydroxyl groups excluding tert-OH is 1. The van der Waals surface area contributed by atoms with Gasteiger partial charge in [-0.05, 0) is 80.5 Å². The van der Waals surface area contributed by atoms with Crippen molar-refractivity contribution in [1.29, 1.82) is 0 Å². The Morgan fingerprint density at radius 3 is 2.61 bits per heavy atom. The number of halogens is 2. The molecule has 222 valence electrons. The van der Waals surface area contributed by atoms with Gasteiger partial charge in [0.05, 0.1) is 12.2 Å². The molecule has 1 aliphatic heterocycles. The fourth-order valence-corrected chi connectivity index (χ4v) is 8.86. The second kappa shape index (κ2) is 9.71. The smallest absolute Gasteiger partial charge is 0.205 e. The Labute approximate surface area is 239 Å². The molecule has 4 fully saturated rings. The summed E-state index contributed by atoms with van der Waals surface area (Å²) in [5.74, 6) is -1.64. The molecule has 7 nitrogen and oxygen atoms in total. The third-order valence-electron chi connectivity index (χ3n) is 10.9. The van der Waals surface area contributed by atoms with E-state index in [1.165, 1.54) is 18.2 Å². The number of ketones is 2. The van der Waals surface area contributed by atoms with Crippen LogP contribution in [0.1, 0.15) is 52.9 Å². The number of rotatable bonds is 7. The first-order valence-corrected chi connectivity index (χ1v) is 14.7. The summed E-state index contributed by atoms with van der Waals surface area (Å²) in [6, 6.07) is 7.20. The number of nitrogens with one attached hydrogen (secondary N) is 1. The van der Waals surface area contributed by atoms with Crippen LogP contribution in [0, 0.1) is 22.7 Å². The van der Waals surface area contributed by atoms with Crippen molar-refractivity contribution in [3.8, 4) is 5.75 Å². The maximum absolute atomic E-state index is 17.6. The Hall–Kier alpha value is -2.62. The van der Waals surface area contributed by atoms with Crippen LogP contribution in [0.25, 0.3) is 0 Å². The number of anilines is 1. The van der Waals surface area contributed by atoms with Gasteiger partial charge in [-0.1, -0.05) is 26.3 Å². The Morgan fingerprint density at radius 1 is 1.20 bits per heavy atom. The molecule has 9 heteroatoms. The zero-order valence-electron chi connectivity index (χ0n) is 24.0. The molecule has 41 heavy (non-hydrogen) atoms. The van der Waals surface area contributed by atoms with Gasteiger partial charge in [-0.25, -0.2) is 8.78 Å². The Bertz CT molecular complexity index is 1300. The summed E-state index contributed by atoms with van der Waals surface area (Å²) in [4.78, 5) is 26.4. The molecule has 1 heterocycles. The molecule has 0 unspecified atom stereocenters. The normalized spacial score (nSPS) is 44.4. The predicted molar refractivity (Wildman–Crippen MR) is 148 cm³/mol. The van der Waals surface area contributed by atoms with Crippen LogP contribution in [0.5, 0.6) is 5.75 Å². The van der Waals surface area contributed by atoms with Crippen LogP contribution in [0.3, 0.4) is 0 Å². The van der Waals surface area contributed by atoms with E-state index in [9.17, 15) is 14.7 Å². The lowest BCUT2D eigenvalue weighted by Crippen LogP contribution is -2.71. The molecule has 0 aromatic heterocycles. The molecule has 10 atom stereocenters. The van der Waals surface area contributed by atoms with E-state index >= 15 is 8.78 Å². The van der Waals surface area contributed by atoms with Gasteiger partial charge >= 0.3 is 0 Å². The van der Waals surface area contributed by atoms with E-state index in [2.05, 4.69) is 5.32 Å². The lowest BCUT2D eigenvalue weighted by atomic mass is 9.44. The van der Waals surface area contributed by atoms with Gasteiger partial charge in [0.15, 0.2) is 23.3 Å². The molecule has 2 N–H and O–H groups in total. The molecule has 0 bridgehead atoms. The van der Waals surface area contributed by atoms with Crippen LogP contribution < -0.4 is 10.1 Å². The maximum atomic E-state index is 17.6. The molecule has 1 aromatic rings. The highest BCUT2D eigenvalue weighted by atomic mass is 19.1. The third-order valence-corrected chi connectivity index (χ3v) is 10.9. The second-order valence-electron chi connectivity index (χ2n) is 12.8. The lowest BCUT2D eigenvalue weighted by Gasteiger charge is -2.63. The fourth-order valence-electron chi connectivity index (χ4n) is 8.86. The maximum Gasteiger partial charge on any atom is 0.205 e. The number of hydrogen-bond donors (Lipinski definition) is 2. The Morgan fingerprint density at radius 2 is 1.93 bits per heavy atom.